The third-order valence-corrected chi connectivity index (χ3v) is 3.58. The average Bonchev–Trinajstić information content (AvgIpc) is 3.17. The molecule has 0 aromatic heterocycles. The van der Waals surface area contributed by atoms with Crippen molar-refractivity contribution in [3.05, 3.63) is 35.4 Å². The summed E-state index contributed by atoms with van der Waals surface area (Å²) in [4.78, 5) is 0. The van der Waals surface area contributed by atoms with Gasteiger partial charge in [-0.1, -0.05) is 31.2 Å². The summed E-state index contributed by atoms with van der Waals surface area (Å²) >= 11 is 0. The fourth-order valence-corrected chi connectivity index (χ4v) is 2.19. The average molecular weight is 227 g/mol. The quantitative estimate of drug-likeness (QED) is 0.829. The number of hydrogen-bond donors (Lipinski definition) is 1. The third kappa shape index (κ3) is 2.09. The Morgan fingerprint density at radius 3 is 2.41 bits per heavy atom. The minimum absolute atomic E-state index is 0.297. The monoisotopic (exact) mass is 227 g/mol. The molecule has 3 rings (SSSR count). The first-order chi connectivity index (χ1) is 8.24. The number of benzene rings is 1. The van der Waals surface area contributed by atoms with Crippen LogP contribution in [0.5, 0.6) is 0 Å². The summed E-state index contributed by atoms with van der Waals surface area (Å²) in [5.41, 5.74) is 9.42. The second-order valence-corrected chi connectivity index (χ2v) is 5.07. The van der Waals surface area contributed by atoms with Gasteiger partial charge in [-0.25, -0.2) is 0 Å². The van der Waals surface area contributed by atoms with Gasteiger partial charge in [0.15, 0.2) is 0 Å². The molecule has 1 unspecified atom stereocenters. The van der Waals surface area contributed by atoms with Crippen LogP contribution < -0.4 is 5.73 Å². The van der Waals surface area contributed by atoms with Gasteiger partial charge in [-0.3, -0.25) is 0 Å². The van der Waals surface area contributed by atoms with E-state index in [1.54, 1.807) is 0 Å². The van der Waals surface area contributed by atoms with E-state index < -0.39 is 0 Å². The van der Waals surface area contributed by atoms with Crippen molar-refractivity contribution in [2.75, 3.05) is 0 Å². The van der Waals surface area contributed by atoms with Crippen molar-refractivity contribution in [3.63, 3.8) is 0 Å². The lowest BCUT2D eigenvalue weighted by Gasteiger charge is -2.16. The van der Waals surface area contributed by atoms with E-state index in [1.807, 2.05) is 0 Å². The molecule has 2 N–H and O–H groups in total. The smallest absolute Gasteiger partial charge is 0.125 e. The Labute approximate surface area is 101 Å². The predicted molar refractivity (Wildman–Crippen MR) is 70.4 cm³/mol. The molecule has 1 atom stereocenters. The van der Waals surface area contributed by atoms with Gasteiger partial charge in [0, 0.05) is 12.3 Å². The van der Waals surface area contributed by atoms with Crippen molar-refractivity contribution >= 4 is 11.5 Å². The molecular weight excluding hydrogens is 210 g/mol. The summed E-state index contributed by atoms with van der Waals surface area (Å²) in [6, 6.07) is 8.77. The van der Waals surface area contributed by atoms with Crippen LogP contribution in [0.3, 0.4) is 0 Å². The molecule has 1 saturated carbocycles. The molecule has 0 spiro atoms. The van der Waals surface area contributed by atoms with Crippen molar-refractivity contribution in [1.29, 1.82) is 0 Å². The Morgan fingerprint density at radius 1 is 1.12 bits per heavy atom. The molecule has 0 saturated heterocycles. The van der Waals surface area contributed by atoms with E-state index in [0.717, 1.165) is 18.1 Å². The van der Waals surface area contributed by atoms with Gasteiger partial charge in [0.05, 0.1) is 5.71 Å². The van der Waals surface area contributed by atoms with Crippen LogP contribution in [-0.4, -0.2) is 11.5 Å². The molecule has 1 aromatic rings. The summed E-state index contributed by atoms with van der Waals surface area (Å²) in [6.07, 6.45) is 3.58. The van der Waals surface area contributed by atoms with Gasteiger partial charge in [0.2, 0.25) is 0 Å². The van der Waals surface area contributed by atoms with Crippen LogP contribution in [0.15, 0.2) is 34.5 Å². The molecule has 0 amide bonds. The summed E-state index contributed by atoms with van der Waals surface area (Å²) in [5, 5.41) is 8.22. The van der Waals surface area contributed by atoms with Crippen LogP contribution in [0, 0.1) is 5.92 Å². The molecule has 3 heteroatoms. The number of amidine groups is 1. The largest absolute Gasteiger partial charge is 0.385 e. The van der Waals surface area contributed by atoms with Crippen LogP contribution >= 0.6 is 0 Å². The van der Waals surface area contributed by atoms with Crippen molar-refractivity contribution < 1.29 is 0 Å². The van der Waals surface area contributed by atoms with Crippen LogP contribution in [0.2, 0.25) is 0 Å². The molecule has 2 aliphatic rings. The lowest BCUT2D eigenvalue weighted by Crippen LogP contribution is -2.26. The number of nitrogens with zero attached hydrogens (tertiary/aromatic N) is 2. The van der Waals surface area contributed by atoms with Crippen molar-refractivity contribution in [1.82, 2.24) is 0 Å². The second-order valence-electron chi connectivity index (χ2n) is 5.07. The molecule has 1 aromatic carbocycles. The number of rotatable bonds is 2. The fraction of sp³-hybridized carbons (Fsp3) is 0.429. The molecule has 0 radical (unpaired) electrons. The first kappa shape index (κ1) is 10.5. The van der Waals surface area contributed by atoms with E-state index in [2.05, 4.69) is 41.4 Å². The maximum absolute atomic E-state index is 5.73. The fourth-order valence-electron chi connectivity index (χ4n) is 2.19. The van der Waals surface area contributed by atoms with Gasteiger partial charge in [-0.05, 0) is 29.9 Å². The minimum atomic E-state index is 0.297. The number of hydrogen-bond acceptors (Lipinski definition) is 3. The highest BCUT2D eigenvalue weighted by Crippen LogP contribution is 2.40. The Bertz CT molecular complexity index is 481. The van der Waals surface area contributed by atoms with Crippen LogP contribution in [0.1, 0.15) is 43.2 Å². The van der Waals surface area contributed by atoms with E-state index in [9.17, 15) is 0 Å². The Morgan fingerprint density at radius 2 is 1.82 bits per heavy atom. The van der Waals surface area contributed by atoms with Crippen LogP contribution in [0.4, 0.5) is 0 Å². The maximum Gasteiger partial charge on any atom is 0.125 e. The molecule has 0 bridgehead atoms. The molecule has 1 aliphatic heterocycles. The van der Waals surface area contributed by atoms with Gasteiger partial charge >= 0.3 is 0 Å². The van der Waals surface area contributed by atoms with Crippen molar-refractivity contribution in [2.24, 2.45) is 21.9 Å². The first-order valence-electron chi connectivity index (χ1n) is 6.24. The normalized spacial score (nSPS) is 24.2. The molecule has 1 aliphatic carbocycles. The predicted octanol–water partition coefficient (Wildman–Crippen LogP) is 2.67. The highest BCUT2D eigenvalue weighted by molar-refractivity contribution is 6.04. The summed E-state index contributed by atoms with van der Waals surface area (Å²) in [5.74, 6) is 1.75. The Balaban J connectivity index is 1.84. The number of nitrogens with two attached hydrogens (primary N) is 1. The molecule has 3 nitrogen and oxygen atoms in total. The molecular formula is C14H17N3. The van der Waals surface area contributed by atoms with Crippen molar-refractivity contribution in [2.45, 2.75) is 32.1 Å². The zero-order chi connectivity index (χ0) is 11.8. The van der Waals surface area contributed by atoms with Crippen LogP contribution in [-0.2, 0) is 0 Å². The zero-order valence-electron chi connectivity index (χ0n) is 10.1. The second kappa shape index (κ2) is 3.99. The lowest BCUT2D eigenvalue weighted by molar-refractivity contribution is 0.779. The third-order valence-electron chi connectivity index (χ3n) is 3.58. The Hall–Kier alpha value is -1.64. The highest BCUT2D eigenvalue weighted by atomic mass is 15.2. The standard InChI is InChI=1S/C14H17N3/c1-9-8-13(16-17-14(9)15)12-6-4-11(5-7-12)10-2-3-10/h4-7,9-10H,2-3,8H2,1H3,(H2,15,17). The first-order valence-corrected chi connectivity index (χ1v) is 6.24. The summed E-state index contributed by atoms with van der Waals surface area (Å²) in [7, 11) is 0. The Kier molecular flexibility index (Phi) is 2.46. The maximum atomic E-state index is 5.73. The van der Waals surface area contributed by atoms with Crippen LogP contribution in [0.25, 0.3) is 0 Å². The topological polar surface area (TPSA) is 50.7 Å². The van der Waals surface area contributed by atoms with Gasteiger partial charge in [-0.15, -0.1) is 5.10 Å². The highest BCUT2D eigenvalue weighted by Gasteiger charge is 2.23. The molecule has 1 fully saturated rings. The lowest BCUT2D eigenvalue weighted by atomic mass is 9.96. The molecule has 17 heavy (non-hydrogen) atoms. The molecule has 1 heterocycles. The van der Waals surface area contributed by atoms with E-state index >= 15 is 0 Å². The van der Waals surface area contributed by atoms with E-state index in [4.69, 9.17) is 5.73 Å². The van der Waals surface area contributed by atoms with Crippen molar-refractivity contribution in [3.8, 4) is 0 Å². The zero-order valence-corrected chi connectivity index (χ0v) is 10.1. The van der Waals surface area contributed by atoms with Gasteiger partial charge in [0.25, 0.3) is 0 Å². The van der Waals surface area contributed by atoms with E-state index in [1.165, 1.54) is 24.0 Å². The molecule has 88 valence electrons. The van der Waals surface area contributed by atoms with Gasteiger partial charge in [-0.2, -0.15) is 5.10 Å². The van der Waals surface area contributed by atoms with E-state index in [-0.39, 0.29) is 0 Å². The van der Waals surface area contributed by atoms with Gasteiger partial charge < -0.3 is 5.73 Å². The summed E-state index contributed by atoms with van der Waals surface area (Å²) in [6.45, 7) is 2.09. The van der Waals surface area contributed by atoms with Gasteiger partial charge in [0.1, 0.15) is 5.84 Å². The summed E-state index contributed by atoms with van der Waals surface area (Å²) < 4.78 is 0. The SMILES string of the molecule is CC1CC(c2ccc(C3CC3)cc2)=NN=C1N. The van der Waals surface area contributed by atoms with E-state index in [0.29, 0.717) is 11.8 Å². The minimum Gasteiger partial charge on any atom is -0.385 e.